The first kappa shape index (κ1) is 7.80. The number of carbonyl (C=O) groups is 1. The zero-order valence-corrected chi connectivity index (χ0v) is 6.90. The summed E-state index contributed by atoms with van der Waals surface area (Å²) in [6.45, 7) is 0. The van der Waals surface area contributed by atoms with E-state index in [9.17, 15) is 4.79 Å². The van der Waals surface area contributed by atoms with Crippen molar-refractivity contribution in [1.82, 2.24) is 5.32 Å². The first-order valence-corrected chi connectivity index (χ1v) is 4.42. The molecule has 0 radical (unpaired) electrons. The monoisotopic (exact) mass is 167 g/mol. The van der Waals surface area contributed by atoms with E-state index in [1.165, 1.54) is 0 Å². The van der Waals surface area contributed by atoms with Crippen molar-refractivity contribution < 1.29 is 9.53 Å². The molecule has 2 bridgehead atoms. The maximum Gasteiger partial charge on any atom is 0.207 e. The summed E-state index contributed by atoms with van der Waals surface area (Å²) < 4.78 is 5.68. The molecule has 0 aromatic rings. The van der Waals surface area contributed by atoms with Crippen LogP contribution in [0.2, 0.25) is 0 Å². The molecule has 2 aliphatic rings. The van der Waals surface area contributed by atoms with Gasteiger partial charge in [-0.05, 0) is 19.3 Å². The fourth-order valence-electron chi connectivity index (χ4n) is 1.92. The summed E-state index contributed by atoms with van der Waals surface area (Å²) in [4.78, 5) is 10.2. The predicted octanol–water partition coefficient (Wildman–Crippen LogP) is 0.608. The average molecular weight is 167 g/mol. The Balaban J connectivity index is 2.01. The Morgan fingerprint density at radius 3 is 3.25 bits per heavy atom. The Bertz CT molecular complexity index is 203. The van der Waals surface area contributed by atoms with Crippen LogP contribution in [0.3, 0.4) is 0 Å². The first-order valence-electron chi connectivity index (χ1n) is 4.42. The van der Waals surface area contributed by atoms with Gasteiger partial charge in [-0.2, -0.15) is 0 Å². The highest BCUT2D eigenvalue weighted by atomic mass is 16.5. The maximum atomic E-state index is 10.2. The van der Waals surface area contributed by atoms with E-state index >= 15 is 0 Å². The van der Waals surface area contributed by atoms with Gasteiger partial charge in [-0.25, -0.2) is 0 Å². The number of nitrogens with one attached hydrogen (secondary N) is 1. The summed E-state index contributed by atoms with van der Waals surface area (Å²) in [6, 6.07) is 0.226. The summed E-state index contributed by atoms with van der Waals surface area (Å²) in [5.74, 6) is 0. The molecule has 2 rings (SSSR count). The molecule has 3 heteroatoms. The van der Waals surface area contributed by atoms with Crippen LogP contribution >= 0.6 is 0 Å². The van der Waals surface area contributed by atoms with Crippen molar-refractivity contribution in [3.63, 3.8) is 0 Å². The summed E-state index contributed by atoms with van der Waals surface area (Å²) in [6.07, 6.45) is 8.55. The van der Waals surface area contributed by atoms with Crippen LogP contribution in [0, 0.1) is 0 Å². The van der Waals surface area contributed by atoms with E-state index in [-0.39, 0.29) is 12.1 Å². The average Bonchev–Trinajstić information content (AvgIpc) is 2.11. The van der Waals surface area contributed by atoms with Gasteiger partial charge in [-0.15, -0.1) is 0 Å². The SMILES string of the molecule is O=CN[C@@H]1CC[C@@H]2C=CC[C@H]1O2. The number of ether oxygens (including phenoxy) is 1. The van der Waals surface area contributed by atoms with E-state index in [0.29, 0.717) is 6.10 Å². The summed E-state index contributed by atoms with van der Waals surface area (Å²) >= 11 is 0. The van der Waals surface area contributed by atoms with Gasteiger partial charge < -0.3 is 10.1 Å². The van der Waals surface area contributed by atoms with E-state index in [4.69, 9.17) is 4.74 Å². The lowest BCUT2D eigenvalue weighted by molar-refractivity contribution is -0.113. The molecule has 0 spiro atoms. The minimum Gasteiger partial charge on any atom is -0.368 e. The molecule has 2 heterocycles. The van der Waals surface area contributed by atoms with Crippen LogP contribution < -0.4 is 5.32 Å². The molecular weight excluding hydrogens is 154 g/mol. The lowest BCUT2D eigenvalue weighted by atomic mass is 9.93. The van der Waals surface area contributed by atoms with Gasteiger partial charge in [0.25, 0.3) is 0 Å². The smallest absolute Gasteiger partial charge is 0.207 e. The molecule has 1 amide bonds. The highest BCUT2D eigenvalue weighted by molar-refractivity contribution is 5.47. The minimum atomic E-state index is 0.207. The van der Waals surface area contributed by atoms with Crippen molar-refractivity contribution >= 4 is 6.41 Å². The molecular formula is C9H13NO2. The van der Waals surface area contributed by atoms with E-state index in [2.05, 4.69) is 17.5 Å². The minimum absolute atomic E-state index is 0.207. The van der Waals surface area contributed by atoms with E-state index in [1.807, 2.05) is 0 Å². The van der Waals surface area contributed by atoms with Crippen LogP contribution in [-0.2, 0) is 9.53 Å². The van der Waals surface area contributed by atoms with Gasteiger partial charge in [0.05, 0.1) is 18.2 Å². The number of fused-ring (bicyclic) bond motifs is 2. The van der Waals surface area contributed by atoms with Crippen molar-refractivity contribution in [2.45, 2.75) is 37.5 Å². The molecule has 3 atom stereocenters. The fraction of sp³-hybridized carbons (Fsp3) is 0.667. The van der Waals surface area contributed by atoms with Crippen LogP contribution in [0.5, 0.6) is 0 Å². The van der Waals surface area contributed by atoms with Crippen molar-refractivity contribution in [1.29, 1.82) is 0 Å². The van der Waals surface area contributed by atoms with Crippen LogP contribution in [0.15, 0.2) is 12.2 Å². The predicted molar refractivity (Wildman–Crippen MR) is 44.6 cm³/mol. The zero-order valence-electron chi connectivity index (χ0n) is 6.90. The molecule has 0 saturated carbocycles. The lowest BCUT2D eigenvalue weighted by Crippen LogP contribution is -2.47. The van der Waals surface area contributed by atoms with Gasteiger partial charge in [-0.1, -0.05) is 12.2 Å². The van der Waals surface area contributed by atoms with Gasteiger partial charge in [0, 0.05) is 0 Å². The highest BCUT2D eigenvalue weighted by Crippen LogP contribution is 2.26. The highest BCUT2D eigenvalue weighted by Gasteiger charge is 2.31. The van der Waals surface area contributed by atoms with E-state index in [1.54, 1.807) is 0 Å². The summed E-state index contributed by atoms with van der Waals surface area (Å²) in [7, 11) is 0. The Morgan fingerprint density at radius 2 is 2.42 bits per heavy atom. The Hall–Kier alpha value is -0.830. The standard InChI is InChI=1S/C9H13NO2/c11-6-10-8-5-4-7-2-1-3-9(8)12-7/h1-2,6-9H,3-5H2,(H,10,11)/t7-,8+,9+/m0/s1. The van der Waals surface area contributed by atoms with Crippen molar-refractivity contribution in [3.8, 4) is 0 Å². The van der Waals surface area contributed by atoms with Gasteiger partial charge in [-0.3, -0.25) is 4.79 Å². The molecule has 0 unspecified atom stereocenters. The third-order valence-corrected chi connectivity index (χ3v) is 2.56. The molecule has 1 fully saturated rings. The fourth-order valence-corrected chi connectivity index (χ4v) is 1.92. The van der Waals surface area contributed by atoms with Crippen molar-refractivity contribution in [2.24, 2.45) is 0 Å². The molecule has 12 heavy (non-hydrogen) atoms. The van der Waals surface area contributed by atoms with Gasteiger partial charge in [0.1, 0.15) is 0 Å². The second-order valence-electron chi connectivity index (χ2n) is 3.35. The summed E-state index contributed by atoms with van der Waals surface area (Å²) in [5.41, 5.74) is 0. The molecule has 66 valence electrons. The van der Waals surface area contributed by atoms with Crippen molar-refractivity contribution in [2.75, 3.05) is 0 Å². The third-order valence-electron chi connectivity index (χ3n) is 2.56. The molecule has 3 nitrogen and oxygen atoms in total. The number of carbonyl (C=O) groups excluding carboxylic acids is 1. The van der Waals surface area contributed by atoms with E-state index in [0.717, 1.165) is 25.7 Å². The van der Waals surface area contributed by atoms with Crippen molar-refractivity contribution in [3.05, 3.63) is 12.2 Å². The second kappa shape index (κ2) is 3.27. The van der Waals surface area contributed by atoms with Crippen LogP contribution in [0.1, 0.15) is 19.3 Å². The molecule has 0 aromatic carbocycles. The normalized spacial score (nSPS) is 39.2. The number of amides is 1. The quantitative estimate of drug-likeness (QED) is 0.483. The Labute approximate surface area is 71.8 Å². The van der Waals surface area contributed by atoms with Gasteiger partial charge >= 0.3 is 0 Å². The molecule has 0 aliphatic carbocycles. The number of hydrogen-bond acceptors (Lipinski definition) is 2. The largest absolute Gasteiger partial charge is 0.368 e. The molecule has 0 aromatic heterocycles. The second-order valence-corrected chi connectivity index (χ2v) is 3.35. The van der Waals surface area contributed by atoms with E-state index < -0.39 is 0 Å². The lowest BCUT2D eigenvalue weighted by Gasteiger charge is -2.37. The van der Waals surface area contributed by atoms with Gasteiger partial charge in [0.2, 0.25) is 6.41 Å². The molecule has 1 saturated heterocycles. The zero-order chi connectivity index (χ0) is 8.39. The van der Waals surface area contributed by atoms with Crippen LogP contribution in [-0.4, -0.2) is 24.7 Å². The van der Waals surface area contributed by atoms with Gasteiger partial charge in [0.15, 0.2) is 0 Å². The first-order chi connectivity index (χ1) is 5.90. The molecule has 2 aliphatic heterocycles. The topological polar surface area (TPSA) is 38.3 Å². The van der Waals surface area contributed by atoms with Crippen LogP contribution in [0.25, 0.3) is 0 Å². The number of rotatable bonds is 2. The Kier molecular flexibility index (Phi) is 2.13. The van der Waals surface area contributed by atoms with Crippen LogP contribution in [0.4, 0.5) is 0 Å². The maximum absolute atomic E-state index is 10.2. The third kappa shape index (κ3) is 1.37. The Morgan fingerprint density at radius 1 is 1.50 bits per heavy atom. The summed E-state index contributed by atoms with van der Waals surface area (Å²) in [5, 5.41) is 2.80. The molecule has 1 N–H and O–H groups in total. The number of hydrogen-bond donors (Lipinski definition) is 1.